The Kier molecular flexibility index (Phi) is 3.49. The van der Waals surface area contributed by atoms with Crippen LogP contribution in [0.5, 0.6) is 5.75 Å². The molecule has 1 aliphatic rings. The van der Waals surface area contributed by atoms with Crippen LogP contribution in [0.25, 0.3) is 0 Å². The van der Waals surface area contributed by atoms with Gasteiger partial charge < -0.3 is 14.2 Å². The summed E-state index contributed by atoms with van der Waals surface area (Å²) in [6.07, 6.45) is 0. The smallest absolute Gasteiger partial charge is 0.265 e. The third-order valence-corrected chi connectivity index (χ3v) is 3.71. The van der Waals surface area contributed by atoms with Crippen LogP contribution in [0.3, 0.4) is 0 Å². The van der Waals surface area contributed by atoms with Gasteiger partial charge in [-0.15, -0.1) is 0 Å². The minimum Gasteiger partial charge on any atom is -0.488 e. The van der Waals surface area contributed by atoms with E-state index in [2.05, 4.69) is 0 Å². The molecule has 0 spiro atoms. The molecule has 0 saturated heterocycles. The highest BCUT2D eigenvalue weighted by atomic mass is 16.7. The van der Waals surface area contributed by atoms with E-state index in [-0.39, 0.29) is 5.78 Å². The lowest BCUT2D eigenvalue weighted by atomic mass is 9.79. The van der Waals surface area contributed by atoms with Crippen LogP contribution in [-0.4, -0.2) is 20.0 Å². The van der Waals surface area contributed by atoms with Gasteiger partial charge in [0.25, 0.3) is 5.79 Å². The van der Waals surface area contributed by atoms with Crippen molar-refractivity contribution in [1.82, 2.24) is 0 Å². The number of carbonyl (C=O) groups is 1. The van der Waals surface area contributed by atoms with Crippen molar-refractivity contribution >= 4 is 5.78 Å². The summed E-state index contributed by atoms with van der Waals surface area (Å²) in [5.74, 6) is -0.893. The first-order valence-corrected chi connectivity index (χ1v) is 6.68. The number of ketones is 1. The second-order valence-corrected chi connectivity index (χ2v) is 4.81. The van der Waals surface area contributed by atoms with Gasteiger partial charge in [-0.1, -0.05) is 42.5 Å². The van der Waals surface area contributed by atoms with E-state index >= 15 is 0 Å². The molecular formula is C17H16O4. The Balaban J connectivity index is 1.90. The number of rotatable bonds is 5. The quantitative estimate of drug-likeness (QED) is 0.792. The van der Waals surface area contributed by atoms with E-state index in [4.69, 9.17) is 14.2 Å². The van der Waals surface area contributed by atoms with Crippen LogP contribution in [0.2, 0.25) is 0 Å². The largest absolute Gasteiger partial charge is 0.488 e. The minimum atomic E-state index is -1.33. The zero-order valence-corrected chi connectivity index (χ0v) is 12.0. The summed E-state index contributed by atoms with van der Waals surface area (Å²) < 4.78 is 16.5. The molecule has 0 N–H and O–H groups in total. The Hall–Kier alpha value is -2.17. The molecule has 1 aliphatic carbocycles. The molecule has 0 aliphatic heterocycles. The average Bonchev–Trinajstić information content (AvgIpc) is 2.55. The first-order valence-electron chi connectivity index (χ1n) is 6.68. The van der Waals surface area contributed by atoms with Crippen LogP contribution in [0.4, 0.5) is 0 Å². The first-order chi connectivity index (χ1) is 10.2. The van der Waals surface area contributed by atoms with E-state index in [1.54, 1.807) is 12.1 Å². The Bertz CT molecular complexity index is 660. The van der Waals surface area contributed by atoms with Crippen molar-refractivity contribution in [3.05, 3.63) is 65.2 Å². The molecule has 108 valence electrons. The topological polar surface area (TPSA) is 44.8 Å². The van der Waals surface area contributed by atoms with E-state index in [1.807, 2.05) is 36.4 Å². The van der Waals surface area contributed by atoms with Crippen molar-refractivity contribution in [2.24, 2.45) is 0 Å². The highest BCUT2D eigenvalue weighted by Gasteiger charge is 2.55. The van der Waals surface area contributed by atoms with Crippen LogP contribution in [0, 0.1) is 0 Å². The van der Waals surface area contributed by atoms with Crippen molar-refractivity contribution in [3.8, 4) is 5.75 Å². The molecule has 0 saturated carbocycles. The molecule has 0 radical (unpaired) electrons. The molecule has 0 heterocycles. The lowest BCUT2D eigenvalue weighted by Crippen LogP contribution is -2.49. The van der Waals surface area contributed by atoms with Crippen molar-refractivity contribution in [3.63, 3.8) is 0 Å². The number of benzene rings is 2. The summed E-state index contributed by atoms with van der Waals surface area (Å²) in [7, 11) is 2.91. The molecule has 4 heteroatoms. The molecule has 0 fully saturated rings. The molecule has 21 heavy (non-hydrogen) atoms. The van der Waals surface area contributed by atoms with Crippen LogP contribution in [0.15, 0.2) is 48.5 Å². The maximum atomic E-state index is 12.2. The van der Waals surface area contributed by atoms with E-state index < -0.39 is 5.79 Å². The van der Waals surface area contributed by atoms with Gasteiger partial charge in [-0.05, 0) is 11.6 Å². The lowest BCUT2D eigenvalue weighted by Gasteiger charge is -2.39. The van der Waals surface area contributed by atoms with Gasteiger partial charge in [-0.25, -0.2) is 0 Å². The minimum absolute atomic E-state index is 0.173. The van der Waals surface area contributed by atoms with E-state index in [9.17, 15) is 4.79 Å². The van der Waals surface area contributed by atoms with Crippen molar-refractivity contribution in [1.29, 1.82) is 0 Å². The van der Waals surface area contributed by atoms with Crippen LogP contribution in [-0.2, 0) is 21.9 Å². The maximum absolute atomic E-state index is 12.2. The van der Waals surface area contributed by atoms with E-state index in [0.29, 0.717) is 23.5 Å². The Labute approximate surface area is 123 Å². The molecule has 2 aromatic carbocycles. The molecule has 2 aromatic rings. The zero-order chi connectivity index (χ0) is 14.9. The highest BCUT2D eigenvalue weighted by Crippen LogP contribution is 2.47. The van der Waals surface area contributed by atoms with Gasteiger partial charge in [0, 0.05) is 19.8 Å². The second kappa shape index (κ2) is 5.31. The predicted octanol–water partition coefficient (Wildman–Crippen LogP) is 2.91. The highest BCUT2D eigenvalue weighted by molar-refractivity contribution is 6.12. The fourth-order valence-corrected chi connectivity index (χ4v) is 2.62. The number of Topliss-reactive ketones (excluding diaryl/α,β-unsaturated/α-hetero) is 1. The average molecular weight is 284 g/mol. The molecule has 0 aromatic heterocycles. The van der Waals surface area contributed by atoms with E-state index in [1.165, 1.54) is 14.2 Å². The maximum Gasteiger partial charge on any atom is 0.265 e. The summed E-state index contributed by atoms with van der Waals surface area (Å²) in [5.41, 5.74) is 2.31. The van der Waals surface area contributed by atoms with Crippen LogP contribution >= 0.6 is 0 Å². The number of fused-ring (bicyclic) bond motifs is 1. The van der Waals surface area contributed by atoms with Crippen molar-refractivity contribution < 1.29 is 19.0 Å². The molecular weight excluding hydrogens is 268 g/mol. The number of ether oxygens (including phenoxy) is 3. The Morgan fingerprint density at radius 1 is 0.952 bits per heavy atom. The van der Waals surface area contributed by atoms with Gasteiger partial charge in [0.15, 0.2) is 0 Å². The van der Waals surface area contributed by atoms with Crippen molar-refractivity contribution in [2.45, 2.75) is 12.4 Å². The van der Waals surface area contributed by atoms with Crippen LogP contribution in [0.1, 0.15) is 21.5 Å². The van der Waals surface area contributed by atoms with Gasteiger partial charge in [0.2, 0.25) is 5.78 Å². The first kappa shape index (κ1) is 13.8. The normalized spacial score (nSPS) is 15.2. The fraction of sp³-hybridized carbons (Fsp3) is 0.235. The number of hydrogen-bond acceptors (Lipinski definition) is 4. The summed E-state index contributed by atoms with van der Waals surface area (Å²) in [6.45, 7) is 0.426. The van der Waals surface area contributed by atoms with Gasteiger partial charge in [-0.3, -0.25) is 4.79 Å². The molecule has 0 bridgehead atoms. The lowest BCUT2D eigenvalue weighted by molar-refractivity contribution is -0.187. The second-order valence-electron chi connectivity index (χ2n) is 4.81. The molecule has 4 nitrogen and oxygen atoms in total. The third-order valence-electron chi connectivity index (χ3n) is 3.71. The summed E-state index contributed by atoms with van der Waals surface area (Å²) in [5, 5.41) is 0. The van der Waals surface area contributed by atoms with Gasteiger partial charge in [-0.2, -0.15) is 0 Å². The number of methoxy groups -OCH3 is 2. The SMILES string of the molecule is COC1(OC)C(=O)c2cccc(OCc3ccccc3)c21. The van der Waals surface area contributed by atoms with E-state index in [0.717, 1.165) is 5.56 Å². The van der Waals surface area contributed by atoms with Crippen LogP contribution < -0.4 is 4.74 Å². The zero-order valence-electron chi connectivity index (χ0n) is 12.0. The monoisotopic (exact) mass is 284 g/mol. The molecule has 0 amide bonds. The number of carbonyl (C=O) groups excluding carboxylic acids is 1. The fourth-order valence-electron chi connectivity index (χ4n) is 2.62. The molecule has 0 atom stereocenters. The Morgan fingerprint density at radius 2 is 1.67 bits per heavy atom. The standard InChI is InChI=1S/C17H16O4/c1-19-17(20-2)15-13(16(17)18)9-6-10-14(15)21-11-12-7-4-3-5-8-12/h3-10H,11H2,1-2H3. The van der Waals surface area contributed by atoms with Gasteiger partial charge >= 0.3 is 0 Å². The molecule has 0 unspecified atom stereocenters. The van der Waals surface area contributed by atoms with Crippen molar-refractivity contribution in [2.75, 3.05) is 14.2 Å². The summed E-state index contributed by atoms with van der Waals surface area (Å²) in [6, 6.07) is 15.2. The summed E-state index contributed by atoms with van der Waals surface area (Å²) >= 11 is 0. The Morgan fingerprint density at radius 3 is 2.33 bits per heavy atom. The predicted molar refractivity (Wildman–Crippen MR) is 77.2 cm³/mol. The molecule has 3 rings (SSSR count). The van der Waals surface area contributed by atoms with Gasteiger partial charge in [0.1, 0.15) is 12.4 Å². The summed E-state index contributed by atoms with van der Waals surface area (Å²) in [4.78, 5) is 12.2. The number of hydrogen-bond donors (Lipinski definition) is 0. The third kappa shape index (κ3) is 2.04. The van der Waals surface area contributed by atoms with Gasteiger partial charge in [0.05, 0.1) is 5.56 Å².